The van der Waals surface area contributed by atoms with Gasteiger partial charge in [-0.1, -0.05) is 19.8 Å². The molecule has 2 unspecified atom stereocenters. The second-order valence-electron chi connectivity index (χ2n) is 4.89. The molecule has 2 rings (SSSR count). The summed E-state index contributed by atoms with van der Waals surface area (Å²) in [5.41, 5.74) is 0. The summed E-state index contributed by atoms with van der Waals surface area (Å²) < 4.78 is 0. The molecule has 0 aliphatic heterocycles. The Morgan fingerprint density at radius 1 is 1.31 bits per heavy atom. The minimum absolute atomic E-state index is 0.633. The van der Waals surface area contributed by atoms with E-state index in [1.165, 1.54) is 36.9 Å². The van der Waals surface area contributed by atoms with Crippen LogP contribution in [-0.2, 0) is 13.6 Å². The van der Waals surface area contributed by atoms with Crippen molar-refractivity contribution in [2.24, 2.45) is 13.0 Å². The van der Waals surface area contributed by atoms with Crippen molar-refractivity contribution in [1.82, 2.24) is 25.5 Å². The van der Waals surface area contributed by atoms with Gasteiger partial charge in [-0.2, -0.15) is 4.80 Å². The molecule has 1 N–H and O–H groups in total. The molecule has 0 aromatic carbocycles. The molecule has 1 fully saturated rings. The van der Waals surface area contributed by atoms with Crippen molar-refractivity contribution in [3.05, 3.63) is 5.82 Å². The van der Waals surface area contributed by atoms with Crippen molar-refractivity contribution in [2.45, 2.75) is 51.6 Å². The molecule has 1 heterocycles. The average molecular weight is 223 g/mol. The molecule has 5 heteroatoms. The molecular formula is C11H21N5. The maximum absolute atomic E-state index is 4.17. The van der Waals surface area contributed by atoms with Gasteiger partial charge in [0.05, 0.1) is 13.6 Å². The van der Waals surface area contributed by atoms with Gasteiger partial charge >= 0.3 is 0 Å². The maximum atomic E-state index is 4.17. The molecular weight excluding hydrogens is 202 g/mol. The molecule has 0 radical (unpaired) electrons. The van der Waals surface area contributed by atoms with Crippen LogP contribution in [0.15, 0.2) is 0 Å². The molecule has 0 spiro atoms. The highest BCUT2D eigenvalue weighted by atomic mass is 15.6. The van der Waals surface area contributed by atoms with E-state index < -0.39 is 0 Å². The lowest BCUT2D eigenvalue weighted by atomic mass is 10.0. The molecule has 1 aliphatic carbocycles. The molecule has 1 aromatic rings. The highest BCUT2D eigenvalue weighted by molar-refractivity contribution is 4.79. The first-order valence-corrected chi connectivity index (χ1v) is 6.20. The molecule has 1 aromatic heterocycles. The zero-order valence-electron chi connectivity index (χ0n) is 10.2. The van der Waals surface area contributed by atoms with Crippen LogP contribution in [-0.4, -0.2) is 26.2 Å². The first-order valence-electron chi connectivity index (χ1n) is 6.20. The zero-order valence-corrected chi connectivity index (χ0v) is 10.2. The highest BCUT2D eigenvalue weighted by Gasteiger charge is 2.16. The quantitative estimate of drug-likeness (QED) is 0.784. The fourth-order valence-electron chi connectivity index (χ4n) is 2.32. The number of nitrogens with one attached hydrogen (secondary N) is 1. The van der Waals surface area contributed by atoms with E-state index in [0.29, 0.717) is 6.04 Å². The van der Waals surface area contributed by atoms with Crippen LogP contribution >= 0.6 is 0 Å². The summed E-state index contributed by atoms with van der Waals surface area (Å²) >= 11 is 0. The van der Waals surface area contributed by atoms with Gasteiger partial charge in [0.25, 0.3) is 0 Å². The molecule has 90 valence electrons. The third-order valence-electron chi connectivity index (χ3n) is 3.36. The second kappa shape index (κ2) is 5.39. The van der Waals surface area contributed by atoms with Gasteiger partial charge in [-0.05, 0) is 30.4 Å². The van der Waals surface area contributed by atoms with Gasteiger partial charge in [0.1, 0.15) is 0 Å². The third-order valence-corrected chi connectivity index (χ3v) is 3.36. The van der Waals surface area contributed by atoms with Crippen molar-refractivity contribution in [1.29, 1.82) is 0 Å². The van der Waals surface area contributed by atoms with Gasteiger partial charge in [0, 0.05) is 6.04 Å². The van der Waals surface area contributed by atoms with Crippen LogP contribution in [0.4, 0.5) is 0 Å². The first kappa shape index (κ1) is 11.5. The predicted molar refractivity (Wildman–Crippen MR) is 61.7 cm³/mol. The lowest BCUT2D eigenvalue weighted by Crippen LogP contribution is -2.28. The summed E-state index contributed by atoms with van der Waals surface area (Å²) in [6, 6.07) is 0.633. The average Bonchev–Trinajstić information content (AvgIpc) is 2.56. The number of tetrazole rings is 1. The fourth-order valence-corrected chi connectivity index (χ4v) is 2.32. The molecule has 1 saturated carbocycles. The van der Waals surface area contributed by atoms with E-state index in [-0.39, 0.29) is 0 Å². The lowest BCUT2D eigenvalue weighted by Gasteiger charge is -2.14. The lowest BCUT2D eigenvalue weighted by molar-refractivity contribution is 0.441. The van der Waals surface area contributed by atoms with E-state index in [4.69, 9.17) is 0 Å². The number of aryl methyl sites for hydroxylation is 1. The number of hydrogen-bond donors (Lipinski definition) is 1. The van der Waals surface area contributed by atoms with Gasteiger partial charge in [-0.25, -0.2) is 0 Å². The van der Waals surface area contributed by atoms with E-state index in [2.05, 4.69) is 27.7 Å². The first-order chi connectivity index (χ1) is 7.74. The van der Waals surface area contributed by atoms with Gasteiger partial charge in [0.15, 0.2) is 5.82 Å². The Kier molecular flexibility index (Phi) is 3.88. The third kappa shape index (κ3) is 3.27. The molecule has 5 nitrogen and oxygen atoms in total. The zero-order chi connectivity index (χ0) is 11.4. The topological polar surface area (TPSA) is 55.6 Å². The Bertz CT molecular complexity index is 322. The van der Waals surface area contributed by atoms with Crippen LogP contribution in [0.3, 0.4) is 0 Å². The van der Waals surface area contributed by atoms with Crippen LogP contribution < -0.4 is 5.32 Å². The van der Waals surface area contributed by atoms with Crippen LogP contribution in [0.2, 0.25) is 0 Å². The van der Waals surface area contributed by atoms with Gasteiger partial charge < -0.3 is 5.32 Å². The SMILES string of the molecule is CC1CCCC(NCc2nnn(C)n2)CC1. The van der Waals surface area contributed by atoms with Crippen LogP contribution in [0.1, 0.15) is 44.9 Å². The monoisotopic (exact) mass is 223 g/mol. The summed E-state index contributed by atoms with van der Waals surface area (Å²) in [5.74, 6) is 1.68. The van der Waals surface area contributed by atoms with E-state index in [1.807, 2.05) is 0 Å². The number of rotatable bonds is 3. The largest absolute Gasteiger partial charge is 0.307 e. The van der Waals surface area contributed by atoms with Crippen molar-refractivity contribution in [3.63, 3.8) is 0 Å². The van der Waals surface area contributed by atoms with Gasteiger partial charge in [0.2, 0.25) is 0 Å². The summed E-state index contributed by atoms with van der Waals surface area (Å²) in [7, 11) is 1.80. The summed E-state index contributed by atoms with van der Waals surface area (Å²) in [6.45, 7) is 3.10. The molecule has 0 bridgehead atoms. The number of nitrogens with zero attached hydrogens (tertiary/aromatic N) is 4. The van der Waals surface area contributed by atoms with Crippen LogP contribution in [0.25, 0.3) is 0 Å². The van der Waals surface area contributed by atoms with Crippen LogP contribution in [0.5, 0.6) is 0 Å². The summed E-state index contributed by atoms with van der Waals surface area (Å²) in [6.07, 6.45) is 6.62. The van der Waals surface area contributed by atoms with E-state index in [1.54, 1.807) is 7.05 Å². The molecule has 2 atom stereocenters. The van der Waals surface area contributed by atoms with Crippen molar-refractivity contribution < 1.29 is 0 Å². The van der Waals surface area contributed by atoms with Crippen molar-refractivity contribution in [3.8, 4) is 0 Å². The molecule has 16 heavy (non-hydrogen) atoms. The van der Waals surface area contributed by atoms with E-state index in [9.17, 15) is 0 Å². The summed E-state index contributed by atoms with van der Waals surface area (Å²) in [4.78, 5) is 1.51. The molecule has 0 amide bonds. The minimum atomic E-state index is 0.633. The fraction of sp³-hybridized carbons (Fsp3) is 0.909. The Hall–Kier alpha value is -0.970. The predicted octanol–water partition coefficient (Wildman–Crippen LogP) is 1.27. The smallest absolute Gasteiger partial charge is 0.188 e. The minimum Gasteiger partial charge on any atom is -0.307 e. The molecule has 0 saturated heterocycles. The van der Waals surface area contributed by atoms with Crippen molar-refractivity contribution >= 4 is 0 Å². The number of aromatic nitrogens is 4. The van der Waals surface area contributed by atoms with Crippen molar-refractivity contribution in [2.75, 3.05) is 0 Å². The Labute approximate surface area is 96.6 Å². The Balaban J connectivity index is 1.77. The number of hydrogen-bond acceptors (Lipinski definition) is 4. The second-order valence-corrected chi connectivity index (χ2v) is 4.89. The molecule has 1 aliphatic rings. The maximum Gasteiger partial charge on any atom is 0.188 e. The van der Waals surface area contributed by atoms with Gasteiger partial charge in [-0.3, -0.25) is 0 Å². The van der Waals surface area contributed by atoms with Gasteiger partial charge in [-0.15, -0.1) is 10.2 Å². The highest BCUT2D eigenvalue weighted by Crippen LogP contribution is 2.22. The van der Waals surface area contributed by atoms with Crippen LogP contribution in [0, 0.1) is 5.92 Å². The Morgan fingerprint density at radius 2 is 2.19 bits per heavy atom. The standard InChI is InChI=1S/C11H21N5/c1-9-4-3-5-10(7-6-9)12-8-11-13-15-16(2)14-11/h9-10,12H,3-8H2,1-2H3. The normalized spacial score (nSPS) is 26.6. The Morgan fingerprint density at radius 3 is 2.94 bits per heavy atom. The summed E-state index contributed by atoms with van der Waals surface area (Å²) in [5, 5.41) is 15.5. The van der Waals surface area contributed by atoms with E-state index in [0.717, 1.165) is 18.3 Å². The van der Waals surface area contributed by atoms with E-state index >= 15 is 0 Å².